The standard InChI is InChI=1S/C16H18FNO/c1-10-6-4-9-15(11(10)2)19-16-13(12(3)18)7-5-8-14(16)17/h4-9,12H,18H2,1-3H3/t12-/m1/s1. The van der Waals surface area contributed by atoms with Gasteiger partial charge in [-0.2, -0.15) is 0 Å². The molecule has 0 amide bonds. The molecule has 0 radical (unpaired) electrons. The Morgan fingerprint density at radius 3 is 2.47 bits per heavy atom. The molecule has 0 bridgehead atoms. The Bertz CT molecular complexity index is 593. The number of hydrogen-bond donors (Lipinski definition) is 1. The van der Waals surface area contributed by atoms with Gasteiger partial charge in [-0.3, -0.25) is 0 Å². The fourth-order valence-electron chi connectivity index (χ4n) is 1.94. The summed E-state index contributed by atoms with van der Waals surface area (Å²) in [5.74, 6) is 0.480. The van der Waals surface area contributed by atoms with Crippen molar-refractivity contribution in [2.45, 2.75) is 26.8 Å². The molecule has 2 rings (SSSR count). The summed E-state index contributed by atoms with van der Waals surface area (Å²) in [6, 6.07) is 10.3. The number of rotatable bonds is 3. The van der Waals surface area contributed by atoms with Crippen LogP contribution in [-0.2, 0) is 0 Å². The molecule has 0 saturated heterocycles. The molecule has 0 unspecified atom stereocenters. The van der Waals surface area contributed by atoms with E-state index in [2.05, 4.69) is 0 Å². The van der Waals surface area contributed by atoms with E-state index in [-0.39, 0.29) is 11.8 Å². The van der Waals surface area contributed by atoms with Crippen LogP contribution in [0.25, 0.3) is 0 Å². The zero-order chi connectivity index (χ0) is 14.0. The smallest absolute Gasteiger partial charge is 0.167 e. The van der Waals surface area contributed by atoms with Crippen molar-refractivity contribution in [3.63, 3.8) is 0 Å². The SMILES string of the molecule is Cc1cccc(Oc2c(F)cccc2[C@@H](C)N)c1C. The molecule has 100 valence electrons. The van der Waals surface area contributed by atoms with Gasteiger partial charge in [-0.25, -0.2) is 4.39 Å². The fourth-order valence-corrected chi connectivity index (χ4v) is 1.94. The fraction of sp³-hybridized carbons (Fsp3) is 0.250. The molecule has 2 N–H and O–H groups in total. The molecule has 19 heavy (non-hydrogen) atoms. The lowest BCUT2D eigenvalue weighted by atomic mass is 10.1. The number of para-hydroxylation sites is 1. The molecule has 0 heterocycles. The van der Waals surface area contributed by atoms with Crippen LogP contribution in [-0.4, -0.2) is 0 Å². The zero-order valence-electron chi connectivity index (χ0n) is 11.4. The van der Waals surface area contributed by atoms with Crippen LogP contribution in [0.3, 0.4) is 0 Å². The highest BCUT2D eigenvalue weighted by Gasteiger charge is 2.15. The number of nitrogens with two attached hydrogens (primary N) is 1. The van der Waals surface area contributed by atoms with Crippen molar-refractivity contribution >= 4 is 0 Å². The zero-order valence-corrected chi connectivity index (χ0v) is 11.4. The van der Waals surface area contributed by atoms with Crippen LogP contribution >= 0.6 is 0 Å². The van der Waals surface area contributed by atoms with Gasteiger partial charge in [0, 0.05) is 11.6 Å². The first kappa shape index (κ1) is 13.6. The summed E-state index contributed by atoms with van der Waals surface area (Å²) in [5, 5.41) is 0. The maximum absolute atomic E-state index is 13.9. The number of halogens is 1. The first-order valence-corrected chi connectivity index (χ1v) is 6.28. The first-order valence-electron chi connectivity index (χ1n) is 6.28. The highest BCUT2D eigenvalue weighted by atomic mass is 19.1. The normalized spacial score (nSPS) is 12.3. The van der Waals surface area contributed by atoms with E-state index < -0.39 is 5.82 Å². The maximum atomic E-state index is 13.9. The minimum atomic E-state index is -0.393. The van der Waals surface area contributed by atoms with E-state index in [1.807, 2.05) is 39.0 Å². The van der Waals surface area contributed by atoms with Gasteiger partial charge in [0.05, 0.1) is 0 Å². The predicted octanol–water partition coefficient (Wildman–Crippen LogP) is 4.25. The van der Waals surface area contributed by atoms with Crippen LogP contribution in [0.2, 0.25) is 0 Å². The molecule has 0 saturated carbocycles. The second-order valence-electron chi connectivity index (χ2n) is 4.75. The number of benzene rings is 2. The summed E-state index contributed by atoms with van der Waals surface area (Å²) >= 11 is 0. The molecule has 2 nitrogen and oxygen atoms in total. The van der Waals surface area contributed by atoms with Crippen LogP contribution < -0.4 is 10.5 Å². The van der Waals surface area contributed by atoms with E-state index >= 15 is 0 Å². The van der Waals surface area contributed by atoms with Gasteiger partial charge >= 0.3 is 0 Å². The van der Waals surface area contributed by atoms with Crippen molar-refractivity contribution in [2.75, 3.05) is 0 Å². The Morgan fingerprint density at radius 2 is 1.79 bits per heavy atom. The van der Waals surface area contributed by atoms with Crippen molar-refractivity contribution < 1.29 is 9.13 Å². The van der Waals surface area contributed by atoms with Crippen LogP contribution in [0.1, 0.15) is 29.7 Å². The Morgan fingerprint density at radius 1 is 1.11 bits per heavy atom. The largest absolute Gasteiger partial charge is 0.454 e. The van der Waals surface area contributed by atoms with Crippen molar-refractivity contribution in [1.29, 1.82) is 0 Å². The van der Waals surface area contributed by atoms with Crippen molar-refractivity contribution in [3.8, 4) is 11.5 Å². The summed E-state index contributed by atoms with van der Waals surface area (Å²) in [5.41, 5.74) is 8.63. The van der Waals surface area contributed by atoms with Crippen molar-refractivity contribution in [1.82, 2.24) is 0 Å². The summed E-state index contributed by atoms with van der Waals surface area (Å²) in [7, 11) is 0. The molecule has 0 aliphatic rings. The maximum Gasteiger partial charge on any atom is 0.167 e. The molecule has 0 aliphatic heterocycles. The van der Waals surface area contributed by atoms with Gasteiger partial charge in [0.25, 0.3) is 0 Å². The van der Waals surface area contributed by atoms with Crippen LogP contribution in [0.5, 0.6) is 11.5 Å². The van der Waals surface area contributed by atoms with Crippen molar-refractivity contribution in [3.05, 3.63) is 58.9 Å². The molecule has 1 atom stereocenters. The summed E-state index contributed by atoms with van der Waals surface area (Å²) in [6.45, 7) is 5.76. The molecule has 0 spiro atoms. The van der Waals surface area contributed by atoms with Crippen molar-refractivity contribution in [2.24, 2.45) is 5.73 Å². The predicted molar refractivity (Wildman–Crippen MR) is 75.0 cm³/mol. The molecule has 0 fully saturated rings. The van der Waals surface area contributed by atoms with Crippen LogP contribution in [0, 0.1) is 19.7 Å². The number of ether oxygens (including phenoxy) is 1. The molecular weight excluding hydrogens is 241 g/mol. The Kier molecular flexibility index (Phi) is 3.86. The Labute approximate surface area is 113 Å². The third kappa shape index (κ3) is 2.76. The van der Waals surface area contributed by atoms with Gasteiger partial charge in [-0.1, -0.05) is 24.3 Å². The van der Waals surface area contributed by atoms with E-state index in [4.69, 9.17) is 10.5 Å². The second-order valence-corrected chi connectivity index (χ2v) is 4.75. The summed E-state index contributed by atoms with van der Waals surface area (Å²) in [6.07, 6.45) is 0. The lowest BCUT2D eigenvalue weighted by Gasteiger charge is -2.16. The summed E-state index contributed by atoms with van der Waals surface area (Å²) < 4.78 is 19.7. The van der Waals surface area contributed by atoms with Gasteiger partial charge in [0.2, 0.25) is 0 Å². The van der Waals surface area contributed by atoms with Crippen LogP contribution in [0.15, 0.2) is 36.4 Å². The van der Waals surface area contributed by atoms with Gasteiger partial charge < -0.3 is 10.5 Å². The van der Waals surface area contributed by atoms with E-state index in [0.29, 0.717) is 11.3 Å². The minimum Gasteiger partial charge on any atom is -0.454 e. The molecule has 2 aromatic carbocycles. The topological polar surface area (TPSA) is 35.2 Å². The monoisotopic (exact) mass is 259 g/mol. The quantitative estimate of drug-likeness (QED) is 0.894. The Balaban J connectivity index is 2.46. The van der Waals surface area contributed by atoms with Gasteiger partial charge in [-0.05, 0) is 44.0 Å². The third-order valence-electron chi connectivity index (χ3n) is 3.25. The first-order chi connectivity index (χ1) is 9.00. The lowest BCUT2D eigenvalue weighted by molar-refractivity contribution is 0.430. The molecular formula is C16H18FNO. The van der Waals surface area contributed by atoms with E-state index in [9.17, 15) is 4.39 Å². The van der Waals surface area contributed by atoms with Gasteiger partial charge in [-0.15, -0.1) is 0 Å². The number of aryl methyl sites for hydroxylation is 1. The van der Waals surface area contributed by atoms with Gasteiger partial charge in [0.1, 0.15) is 5.75 Å². The molecule has 2 aromatic rings. The van der Waals surface area contributed by atoms with E-state index in [0.717, 1.165) is 11.1 Å². The lowest BCUT2D eigenvalue weighted by Crippen LogP contribution is -2.08. The third-order valence-corrected chi connectivity index (χ3v) is 3.25. The average molecular weight is 259 g/mol. The highest BCUT2D eigenvalue weighted by Crippen LogP contribution is 2.33. The number of hydrogen-bond acceptors (Lipinski definition) is 2. The van der Waals surface area contributed by atoms with E-state index in [1.54, 1.807) is 12.1 Å². The summed E-state index contributed by atoms with van der Waals surface area (Å²) in [4.78, 5) is 0. The molecule has 3 heteroatoms. The average Bonchev–Trinajstić information content (AvgIpc) is 2.36. The highest BCUT2D eigenvalue weighted by molar-refractivity contribution is 5.45. The Hall–Kier alpha value is -1.87. The second kappa shape index (κ2) is 5.41. The molecule has 0 aliphatic carbocycles. The van der Waals surface area contributed by atoms with Crippen LogP contribution in [0.4, 0.5) is 4.39 Å². The van der Waals surface area contributed by atoms with Gasteiger partial charge in [0.15, 0.2) is 11.6 Å². The minimum absolute atomic E-state index is 0.214. The molecule has 0 aromatic heterocycles. The van der Waals surface area contributed by atoms with E-state index in [1.165, 1.54) is 6.07 Å².